The standard InChI is InChI=1S/C17H15F3N4OS/c1-10-16(23-15(25)14-21-6-7-24(14)2)26-13(22-10)9-11-4-3-5-12(8-11)17(18,19)20/h3-8H,9H2,1-2H3,(H,23,25). The number of anilines is 1. The van der Waals surface area contributed by atoms with E-state index in [9.17, 15) is 18.0 Å². The lowest BCUT2D eigenvalue weighted by atomic mass is 10.1. The molecule has 1 aromatic carbocycles. The lowest BCUT2D eigenvalue weighted by molar-refractivity contribution is -0.137. The monoisotopic (exact) mass is 380 g/mol. The van der Waals surface area contributed by atoms with Gasteiger partial charge in [-0.3, -0.25) is 4.79 Å². The van der Waals surface area contributed by atoms with E-state index in [1.165, 1.54) is 23.6 Å². The normalized spacial score (nSPS) is 11.6. The third-order valence-electron chi connectivity index (χ3n) is 3.70. The molecule has 0 aliphatic heterocycles. The number of carbonyl (C=O) groups is 1. The van der Waals surface area contributed by atoms with Gasteiger partial charge in [0.25, 0.3) is 5.91 Å². The van der Waals surface area contributed by atoms with Gasteiger partial charge in [0, 0.05) is 25.9 Å². The number of aromatic nitrogens is 3. The Morgan fingerprint density at radius 2 is 2.12 bits per heavy atom. The molecular weight excluding hydrogens is 365 g/mol. The first-order valence-electron chi connectivity index (χ1n) is 7.65. The zero-order valence-electron chi connectivity index (χ0n) is 14.0. The second kappa shape index (κ2) is 6.91. The summed E-state index contributed by atoms with van der Waals surface area (Å²) in [7, 11) is 1.71. The van der Waals surface area contributed by atoms with Crippen molar-refractivity contribution >= 4 is 22.2 Å². The number of imidazole rings is 1. The van der Waals surface area contributed by atoms with Crippen molar-refractivity contribution in [1.29, 1.82) is 0 Å². The van der Waals surface area contributed by atoms with E-state index < -0.39 is 11.7 Å². The van der Waals surface area contributed by atoms with Gasteiger partial charge in [-0.25, -0.2) is 9.97 Å². The zero-order valence-corrected chi connectivity index (χ0v) is 14.8. The summed E-state index contributed by atoms with van der Waals surface area (Å²) in [5, 5.41) is 3.93. The van der Waals surface area contributed by atoms with Crippen LogP contribution in [0.2, 0.25) is 0 Å². The van der Waals surface area contributed by atoms with Crippen LogP contribution in [0.15, 0.2) is 36.7 Å². The summed E-state index contributed by atoms with van der Waals surface area (Å²) < 4.78 is 40.0. The van der Waals surface area contributed by atoms with Crippen LogP contribution in [-0.4, -0.2) is 20.4 Å². The summed E-state index contributed by atoms with van der Waals surface area (Å²) in [6.07, 6.45) is -0.940. The Morgan fingerprint density at radius 3 is 2.77 bits per heavy atom. The summed E-state index contributed by atoms with van der Waals surface area (Å²) in [6.45, 7) is 1.74. The summed E-state index contributed by atoms with van der Waals surface area (Å²) in [6, 6.07) is 5.15. The fraction of sp³-hybridized carbons (Fsp3) is 0.235. The average Bonchev–Trinajstić information content (AvgIpc) is 3.13. The highest BCUT2D eigenvalue weighted by Crippen LogP contribution is 2.31. The molecule has 0 saturated heterocycles. The van der Waals surface area contributed by atoms with Gasteiger partial charge in [0.1, 0.15) is 5.00 Å². The largest absolute Gasteiger partial charge is 0.416 e. The number of alkyl halides is 3. The molecule has 0 aliphatic rings. The molecule has 2 heterocycles. The number of hydrogen-bond acceptors (Lipinski definition) is 4. The van der Waals surface area contributed by atoms with E-state index in [0.29, 0.717) is 21.3 Å². The van der Waals surface area contributed by atoms with Gasteiger partial charge < -0.3 is 9.88 Å². The van der Waals surface area contributed by atoms with Gasteiger partial charge >= 0.3 is 6.18 Å². The third-order valence-corrected chi connectivity index (χ3v) is 4.77. The van der Waals surface area contributed by atoms with E-state index in [1.807, 2.05) is 0 Å². The number of thiazole rings is 1. The van der Waals surface area contributed by atoms with Crippen molar-refractivity contribution in [2.45, 2.75) is 19.5 Å². The van der Waals surface area contributed by atoms with Crippen molar-refractivity contribution in [3.63, 3.8) is 0 Å². The first kappa shape index (κ1) is 18.1. The Hall–Kier alpha value is -2.68. The zero-order chi connectivity index (χ0) is 18.9. The van der Waals surface area contributed by atoms with E-state index in [2.05, 4.69) is 15.3 Å². The SMILES string of the molecule is Cc1nc(Cc2cccc(C(F)(F)F)c2)sc1NC(=O)c1nccn1C. The smallest absolute Gasteiger partial charge is 0.330 e. The molecule has 0 saturated carbocycles. The number of nitrogens with one attached hydrogen (secondary N) is 1. The molecule has 3 rings (SSSR count). The maximum absolute atomic E-state index is 12.8. The second-order valence-electron chi connectivity index (χ2n) is 5.71. The van der Waals surface area contributed by atoms with E-state index in [-0.39, 0.29) is 18.2 Å². The highest BCUT2D eigenvalue weighted by atomic mass is 32.1. The van der Waals surface area contributed by atoms with Crippen molar-refractivity contribution < 1.29 is 18.0 Å². The van der Waals surface area contributed by atoms with E-state index in [0.717, 1.165) is 12.1 Å². The van der Waals surface area contributed by atoms with Crippen LogP contribution in [0.3, 0.4) is 0 Å². The van der Waals surface area contributed by atoms with Crippen LogP contribution in [0.5, 0.6) is 0 Å². The van der Waals surface area contributed by atoms with Gasteiger partial charge in [-0.2, -0.15) is 13.2 Å². The molecule has 136 valence electrons. The van der Waals surface area contributed by atoms with Crippen molar-refractivity contribution in [3.8, 4) is 0 Å². The average molecular weight is 380 g/mol. The van der Waals surface area contributed by atoms with Crippen LogP contribution >= 0.6 is 11.3 Å². The van der Waals surface area contributed by atoms with Crippen LogP contribution in [0.25, 0.3) is 0 Å². The molecule has 0 radical (unpaired) electrons. The molecule has 1 N–H and O–H groups in total. The maximum atomic E-state index is 12.8. The minimum atomic E-state index is -4.38. The van der Waals surface area contributed by atoms with Gasteiger partial charge in [0.05, 0.1) is 16.3 Å². The number of aryl methyl sites for hydroxylation is 2. The van der Waals surface area contributed by atoms with Crippen LogP contribution in [0, 0.1) is 6.92 Å². The molecule has 0 spiro atoms. The lowest BCUT2D eigenvalue weighted by Crippen LogP contribution is -2.16. The summed E-state index contributed by atoms with van der Waals surface area (Å²) in [5.74, 6) is -0.105. The van der Waals surface area contributed by atoms with Crippen LogP contribution in [-0.2, 0) is 19.6 Å². The fourth-order valence-electron chi connectivity index (χ4n) is 2.42. The number of hydrogen-bond donors (Lipinski definition) is 1. The Kier molecular flexibility index (Phi) is 4.82. The van der Waals surface area contributed by atoms with Crippen molar-refractivity contribution in [3.05, 3.63) is 64.3 Å². The molecular formula is C17H15F3N4OS. The number of rotatable bonds is 4. The summed E-state index contributed by atoms with van der Waals surface area (Å²) in [5.41, 5.74) is 0.432. The van der Waals surface area contributed by atoms with E-state index in [4.69, 9.17) is 0 Å². The molecule has 0 atom stereocenters. The summed E-state index contributed by atoms with van der Waals surface area (Å²) >= 11 is 1.24. The minimum absolute atomic E-state index is 0.258. The van der Waals surface area contributed by atoms with Gasteiger partial charge in [-0.15, -0.1) is 11.3 Å². The van der Waals surface area contributed by atoms with E-state index in [1.54, 1.807) is 30.8 Å². The first-order valence-corrected chi connectivity index (χ1v) is 8.47. The van der Waals surface area contributed by atoms with Crippen LogP contribution < -0.4 is 5.32 Å². The summed E-state index contributed by atoms with van der Waals surface area (Å²) in [4.78, 5) is 20.6. The Bertz CT molecular complexity index is 946. The molecule has 0 unspecified atom stereocenters. The number of carbonyl (C=O) groups excluding carboxylic acids is 1. The highest BCUT2D eigenvalue weighted by Gasteiger charge is 2.30. The molecule has 26 heavy (non-hydrogen) atoms. The molecule has 1 amide bonds. The second-order valence-corrected chi connectivity index (χ2v) is 6.80. The number of halogens is 3. The van der Waals surface area contributed by atoms with Crippen LogP contribution in [0.4, 0.5) is 18.2 Å². The Labute approximate surface area is 151 Å². The number of benzene rings is 1. The van der Waals surface area contributed by atoms with Crippen molar-refractivity contribution in [2.75, 3.05) is 5.32 Å². The molecule has 3 aromatic rings. The highest BCUT2D eigenvalue weighted by molar-refractivity contribution is 7.16. The topological polar surface area (TPSA) is 59.8 Å². The molecule has 9 heteroatoms. The molecule has 0 fully saturated rings. The van der Waals surface area contributed by atoms with Gasteiger partial charge in [-0.1, -0.05) is 18.2 Å². The van der Waals surface area contributed by atoms with E-state index >= 15 is 0 Å². The molecule has 5 nitrogen and oxygen atoms in total. The first-order chi connectivity index (χ1) is 12.2. The van der Waals surface area contributed by atoms with Gasteiger partial charge in [0.15, 0.2) is 5.82 Å². The van der Waals surface area contributed by atoms with Gasteiger partial charge in [-0.05, 0) is 18.6 Å². The maximum Gasteiger partial charge on any atom is 0.416 e. The van der Waals surface area contributed by atoms with Crippen molar-refractivity contribution in [1.82, 2.24) is 14.5 Å². The minimum Gasteiger partial charge on any atom is -0.330 e. The molecule has 0 bridgehead atoms. The predicted molar refractivity (Wildman–Crippen MR) is 92.3 cm³/mol. The number of nitrogens with zero attached hydrogens (tertiary/aromatic N) is 3. The Balaban J connectivity index is 1.76. The van der Waals surface area contributed by atoms with Crippen molar-refractivity contribution in [2.24, 2.45) is 7.05 Å². The van der Waals surface area contributed by atoms with Gasteiger partial charge in [0.2, 0.25) is 0 Å². The number of amides is 1. The Morgan fingerprint density at radius 1 is 1.35 bits per heavy atom. The lowest BCUT2D eigenvalue weighted by Gasteiger charge is -2.07. The fourth-order valence-corrected chi connectivity index (χ4v) is 3.41. The quantitative estimate of drug-likeness (QED) is 0.743. The molecule has 0 aliphatic carbocycles. The third kappa shape index (κ3) is 3.93. The molecule has 2 aromatic heterocycles. The van der Waals surface area contributed by atoms with Crippen LogP contribution in [0.1, 0.15) is 32.4 Å². The predicted octanol–water partition coefficient (Wildman–Crippen LogP) is 4.05.